The molecule has 0 fully saturated rings. The van der Waals surface area contributed by atoms with Gasteiger partial charge in [-0.3, -0.25) is 9.69 Å². The Morgan fingerprint density at radius 3 is 1.36 bits per heavy atom. The van der Waals surface area contributed by atoms with E-state index in [0.717, 1.165) is 45.1 Å². The number of rotatable bonds is 28. The van der Waals surface area contributed by atoms with Crippen molar-refractivity contribution >= 4 is 5.97 Å². The summed E-state index contributed by atoms with van der Waals surface area (Å²) in [4.78, 5) is 13.1. The maximum atomic E-state index is 10.9. The molecule has 5 N–H and O–H groups in total. The van der Waals surface area contributed by atoms with Gasteiger partial charge in [0.2, 0.25) is 0 Å². The minimum Gasteiger partial charge on any atom is -0.480 e. The first-order chi connectivity index (χ1) is 17.4. The standard InChI is InChI=1S/C30H62N2O4/c1-3-5-7-9-11-13-15-17-21-27(33)25-32(24-20-19-23-29(31)30(35)36)26-28(34)22-18-16-14-12-10-8-6-4-2/h27-29,33-34H,3-26,31H2,1-2H3,(H,35,36)/t27-,28-,29?/m1/s1. The number of nitrogens with zero attached hydrogens (tertiary/aromatic N) is 1. The summed E-state index contributed by atoms with van der Waals surface area (Å²) in [6.07, 6.45) is 23.0. The molecule has 0 aliphatic heterocycles. The molecule has 0 radical (unpaired) electrons. The van der Waals surface area contributed by atoms with Crippen LogP contribution in [-0.4, -0.2) is 64.1 Å². The number of hydrogen-bond donors (Lipinski definition) is 4. The van der Waals surface area contributed by atoms with Gasteiger partial charge in [0.1, 0.15) is 6.04 Å². The van der Waals surface area contributed by atoms with E-state index < -0.39 is 12.0 Å². The van der Waals surface area contributed by atoms with Gasteiger partial charge in [-0.25, -0.2) is 0 Å². The van der Waals surface area contributed by atoms with Crippen LogP contribution < -0.4 is 5.73 Å². The Kier molecular flexibility index (Phi) is 25.4. The first-order valence-electron chi connectivity index (χ1n) is 15.5. The summed E-state index contributed by atoms with van der Waals surface area (Å²) in [5.74, 6) is -0.951. The van der Waals surface area contributed by atoms with Crippen molar-refractivity contribution in [1.82, 2.24) is 4.90 Å². The third kappa shape index (κ3) is 23.7. The molecule has 36 heavy (non-hydrogen) atoms. The van der Waals surface area contributed by atoms with E-state index in [1.54, 1.807) is 0 Å². The van der Waals surface area contributed by atoms with Gasteiger partial charge in [0.05, 0.1) is 12.2 Å². The zero-order valence-electron chi connectivity index (χ0n) is 24.0. The van der Waals surface area contributed by atoms with Gasteiger partial charge in [-0.2, -0.15) is 0 Å². The lowest BCUT2D eigenvalue weighted by molar-refractivity contribution is -0.138. The highest BCUT2D eigenvalue weighted by Crippen LogP contribution is 2.14. The van der Waals surface area contributed by atoms with Gasteiger partial charge in [0.25, 0.3) is 0 Å². The van der Waals surface area contributed by atoms with Gasteiger partial charge < -0.3 is 21.1 Å². The molecule has 6 heteroatoms. The molecule has 0 amide bonds. The highest BCUT2D eigenvalue weighted by molar-refractivity contribution is 5.72. The van der Waals surface area contributed by atoms with Crippen molar-refractivity contribution in [3.05, 3.63) is 0 Å². The molecule has 6 nitrogen and oxygen atoms in total. The summed E-state index contributed by atoms with van der Waals surface area (Å²) in [7, 11) is 0. The van der Waals surface area contributed by atoms with Gasteiger partial charge in [0, 0.05) is 13.1 Å². The third-order valence-corrected chi connectivity index (χ3v) is 7.28. The quantitative estimate of drug-likeness (QED) is 0.0870. The molecule has 0 aliphatic carbocycles. The summed E-state index contributed by atoms with van der Waals surface area (Å²) in [5.41, 5.74) is 5.63. The van der Waals surface area contributed by atoms with Gasteiger partial charge in [0.15, 0.2) is 0 Å². The van der Waals surface area contributed by atoms with Gasteiger partial charge in [-0.15, -0.1) is 0 Å². The van der Waals surface area contributed by atoms with E-state index in [-0.39, 0.29) is 12.2 Å². The van der Waals surface area contributed by atoms with E-state index in [4.69, 9.17) is 10.8 Å². The van der Waals surface area contributed by atoms with Crippen molar-refractivity contribution in [2.45, 2.75) is 167 Å². The van der Waals surface area contributed by atoms with Crippen LogP contribution in [0.2, 0.25) is 0 Å². The first kappa shape index (κ1) is 35.3. The third-order valence-electron chi connectivity index (χ3n) is 7.28. The Bertz CT molecular complexity index is 450. The number of nitrogens with two attached hydrogens (primary N) is 1. The summed E-state index contributed by atoms with van der Waals surface area (Å²) >= 11 is 0. The predicted octanol–water partition coefficient (Wildman–Crippen LogP) is 6.65. The van der Waals surface area contributed by atoms with Crippen LogP contribution in [0.1, 0.15) is 149 Å². The number of carboxylic acid groups (broad SMARTS) is 1. The number of carboxylic acids is 1. The zero-order chi connectivity index (χ0) is 26.9. The normalized spacial score (nSPS) is 14.3. The Balaban J connectivity index is 4.27. The lowest BCUT2D eigenvalue weighted by atomic mass is 10.0. The van der Waals surface area contributed by atoms with Crippen molar-refractivity contribution in [1.29, 1.82) is 0 Å². The average Bonchev–Trinajstić information content (AvgIpc) is 2.84. The number of carbonyl (C=O) groups is 1. The van der Waals surface area contributed by atoms with Crippen molar-refractivity contribution < 1.29 is 20.1 Å². The van der Waals surface area contributed by atoms with Crippen molar-refractivity contribution in [2.24, 2.45) is 5.73 Å². The monoisotopic (exact) mass is 514 g/mol. The number of aliphatic hydroxyl groups is 2. The second-order valence-corrected chi connectivity index (χ2v) is 11.0. The van der Waals surface area contributed by atoms with Crippen LogP contribution in [-0.2, 0) is 4.79 Å². The smallest absolute Gasteiger partial charge is 0.320 e. The second-order valence-electron chi connectivity index (χ2n) is 11.0. The van der Waals surface area contributed by atoms with Crippen molar-refractivity contribution in [3.63, 3.8) is 0 Å². The Labute approximate surface area is 223 Å². The SMILES string of the molecule is CCCCCCCCCC[C@@H](O)CN(CCCCC(N)C(=O)O)C[C@H](O)CCCCCCCCCC. The zero-order valence-corrected chi connectivity index (χ0v) is 24.0. The highest BCUT2D eigenvalue weighted by atomic mass is 16.4. The van der Waals surface area contributed by atoms with Crippen molar-refractivity contribution in [3.8, 4) is 0 Å². The molecule has 0 saturated heterocycles. The van der Waals surface area contributed by atoms with Gasteiger partial charge in [-0.05, 0) is 32.2 Å². The fourth-order valence-electron chi connectivity index (χ4n) is 4.89. The van der Waals surface area contributed by atoms with Crippen LogP contribution >= 0.6 is 0 Å². The molecule has 0 bridgehead atoms. The molecule has 0 saturated carbocycles. The maximum absolute atomic E-state index is 10.9. The van der Waals surface area contributed by atoms with Gasteiger partial charge >= 0.3 is 5.97 Å². The minimum atomic E-state index is -0.951. The summed E-state index contributed by atoms with van der Waals surface area (Å²) in [6, 6.07) is -0.807. The summed E-state index contributed by atoms with van der Waals surface area (Å²) < 4.78 is 0. The molecule has 216 valence electrons. The molecule has 0 spiro atoms. The van der Waals surface area contributed by atoms with E-state index in [9.17, 15) is 15.0 Å². The molecule has 0 heterocycles. The summed E-state index contributed by atoms with van der Waals surface area (Å²) in [6.45, 7) is 6.40. The fraction of sp³-hybridized carbons (Fsp3) is 0.967. The molecule has 0 rings (SSSR count). The van der Waals surface area contributed by atoms with E-state index in [0.29, 0.717) is 19.5 Å². The Hall–Kier alpha value is -0.690. The molecule has 3 atom stereocenters. The van der Waals surface area contributed by atoms with E-state index >= 15 is 0 Å². The minimum absolute atomic E-state index is 0.373. The lowest BCUT2D eigenvalue weighted by Gasteiger charge is -2.27. The molecular formula is C30H62N2O4. The fourth-order valence-corrected chi connectivity index (χ4v) is 4.89. The van der Waals surface area contributed by atoms with Crippen LogP contribution in [0.5, 0.6) is 0 Å². The number of hydrogen-bond acceptors (Lipinski definition) is 5. The van der Waals surface area contributed by atoms with Crippen LogP contribution in [0.15, 0.2) is 0 Å². The molecule has 1 unspecified atom stereocenters. The molecule has 0 aliphatic rings. The van der Waals surface area contributed by atoms with Crippen LogP contribution in [0, 0.1) is 0 Å². The topological polar surface area (TPSA) is 107 Å². The van der Waals surface area contributed by atoms with E-state index in [1.165, 1.54) is 89.9 Å². The average molecular weight is 515 g/mol. The largest absolute Gasteiger partial charge is 0.480 e. The Morgan fingerprint density at radius 1 is 0.611 bits per heavy atom. The lowest BCUT2D eigenvalue weighted by Crippen LogP contribution is -2.39. The van der Waals surface area contributed by atoms with Crippen LogP contribution in [0.25, 0.3) is 0 Å². The number of aliphatic hydroxyl groups excluding tert-OH is 2. The molecular weight excluding hydrogens is 452 g/mol. The molecule has 0 aromatic carbocycles. The van der Waals surface area contributed by atoms with E-state index in [1.807, 2.05) is 0 Å². The highest BCUT2D eigenvalue weighted by Gasteiger charge is 2.17. The number of aliphatic carboxylic acids is 1. The van der Waals surface area contributed by atoms with Crippen LogP contribution in [0.4, 0.5) is 0 Å². The number of unbranched alkanes of at least 4 members (excludes halogenated alkanes) is 15. The van der Waals surface area contributed by atoms with Crippen LogP contribution in [0.3, 0.4) is 0 Å². The second kappa shape index (κ2) is 25.9. The van der Waals surface area contributed by atoms with Crippen molar-refractivity contribution in [2.75, 3.05) is 19.6 Å². The summed E-state index contributed by atoms with van der Waals surface area (Å²) in [5, 5.41) is 30.2. The first-order valence-corrected chi connectivity index (χ1v) is 15.5. The maximum Gasteiger partial charge on any atom is 0.320 e. The Morgan fingerprint density at radius 2 is 0.972 bits per heavy atom. The van der Waals surface area contributed by atoms with E-state index in [2.05, 4.69) is 18.7 Å². The molecule has 0 aromatic heterocycles. The van der Waals surface area contributed by atoms with Gasteiger partial charge in [-0.1, -0.05) is 123 Å². The molecule has 0 aromatic rings. The predicted molar refractivity (Wildman–Crippen MR) is 152 cm³/mol.